The predicted molar refractivity (Wildman–Crippen MR) is 89.9 cm³/mol. The highest BCUT2D eigenvalue weighted by Gasteiger charge is 2.38. The molecule has 0 aromatic heterocycles. The van der Waals surface area contributed by atoms with Crippen LogP contribution in [0.15, 0.2) is 0 Å². The van der Waals surface area contributed by atoms with Crippen LogP contribution in [0.3, 0.4) is 0 Å². The molecule has 2 N–H and O–H groups in total. The molecular weight excluding hydrogens is 244 g/mol. The highest BCUT2D eigenvalue weighted by atomic mass is 15.2. The molecule has 1 rings (SSSR count). The van der Waals surface area contributed by atoms with Gasteiger partial charge in [0.05, 0.1) is 0 Å². The second kappa shape index (κ2) is 7.26. The molecule has 1 heterocycles. The molecule has 0 saturated carbocycles. The van der Waals surface area contributed by atoms with Crippen LogP contribution in [0, 0.1) is 17.3 Å². The summed E-state index contributed by atoms with van der Waals surface area (Å²) in [4.78, 5) is 2.72. The summed E-state index contributed by atoms with van der Waals surface area (Å²) < 4.78 is 0. The topological polar surface area (TPSA) is 29.3 Å². The Labute approximate surface area is 127 Å². The van der Waals surface area contributed by atoms with Crippen LogP contribution >= 0.6 is 0 Å². The van der Waals surface area contributed by atoms with Crippen molar-refractivity contribution in [1.82, 2.24) is 4.90 Å². The van der Waals surface area contributed by atoms with Gasteiger partial charge in [-0.25, -0.2) is 0 Å². The summed E-state index contributed by atoms with van der Waals surface area (Å²) >= 11 is 0. The van der Waals surface area contributed by atoms with Gasteiger partial charge in [-0.15, -0.1) is 0 Å². The van der Waals surface area contributed by atoms with Gasteiger partial charge in [0.25, 0.3) is 0 Å². The lowest BCUT2D eigenvalue weighted by Gasteiger charge is -2.49. The van der Waals surface area contributed by atoms with Crippen LogP contribution in [-0.4, -0.2) is 30.1 Å². The van der Waals surface area contributed by atoms with Gasteiger partial charge in [-0.3, -0.25) is 4.90 Å². The van der Waals surface area contributed by atoms with Crippen molar-refractivity contribution >= 4 is 0 Å². The largest absolute Gasteiger partial charge is 0.329 e. The van der Waals surface area contributed by atoms with Gasteiger partial charge in [0.2, 0.25) is 0 Å². The molecule has 0 bridgehead atoms. The maximum absolute atomic E-state index is 6.23. The number of likely N-dealkylation sites (tertiary alicyclic amines) is 1. The van der Waals surface area contributed by atoms with Crippen LogP contribution in [0.1, 0.15) is 73.6 Å². The van der Waals surface area contributed by atoms with Crippen molar-refractivity contribution in [2.75, 3.05) is 19.6 Å². The van der Waals surface area contributed by atoms with Gasteiger partial charge < -0.3 is 5.73 Å². The first-order chi connectivity index (χ1) is 9.29. The SMILES string of the molecule is CCC(C)CC(CC)(CN)N1CCC(C(C)(C)C)CC1. The zero-order valence-corrected chi connectivity index (χ0v) is 14.8. The van der Waals surface area contributed by atoms with E-state index in [1.165, 1.54) is 45.2 Å². The number of hydrogen-bond donors (Lipinski definition) is 1. The Morgan fingerprint density at radius 2 is 1.70 bits per heavy atom. The number of nitrogens with two attached hydrogens (primary N) is 1. The van der Waals surface area contributed by atoms with E-state index in [0.717, 1.165) is 18.4 Å². The summed E-state index contributed by atoms with van der Waals surface area (Å²) in [5.41, 5.74) is 6.94. The fourth-order valence-electron chi connectivity index (χ4n) is 3.87. The van der Waals surface area contributed by atoms with E-state index in [9.17, 15) is 0 Å². The van der Waals surface area contributed by atoms with Gasteiger partial charge in [0.1, 0.15) is 0 Å². The molecule has 0 aromatic rings. The third-order valence-corrected chi connectivity index (χ3v) is 5.85. The Morgan fingerprint density at radius 1 is 1.15 bits per heavy atom. The van der Waals surface area contributed by atoms with Crippen molar-refractivity contribution in [2.45, 2.75) is 79.2 Å². The third-order valence-electron chi connectivity index (χ3n) is 5.85. The monoisotopic (exact) mass is 282 g/mol. The van der Waals surface area contributed by atoms with Crippen molar-refractivity contribution < 1.29 is 0 Å². The Morgan fingerprint density at radius 3 is 2.05 bits per heavy atom. The molecule has 0 radical (unpaired) electrons. The smallest absolute Gasteiger partial charge is 0.0331 e. The molecular formula is C18H38N2. The van der Waals surface area contributed by atoms with Crippen LogP contribution in [0.5, 0.6) is 0 Å². The second-order valence-corrected chi connectivity index (χ2v) is 8.13. The number of rotatable bonds is 6. The normalized spacial score (nSPS) is 23.6. The summed E-state index contributed by atoms with van der Waals surface area (Å²) in [7, 11) is 0. The van der Waals surface area contributed by atoms with Crippen molar-refractivity contribution in [1.29, 1.82) is 0 Å². The summed E-state index contributed by atoms with van der Waals surface area (Å²) in [5.74, 6) is 1.65. The first kappa shape index (κ1) is 18.0. The molecule has 2 nitrogen and oxygen atoms in total. The summed E-state index contributed by atoms with van der Waals surface area (Å²) in [6.45, 7) is 17.5. The lowest BCUT2D eigenvalue weighted by atomic mass is 9.73. The van der Waals surface area contributed by atoms with Gasteiger partial charge in [0, 0.05) is 12.1 Å². The fourth-order valence-corrected chi connectivity index (χ4v) is 3.87. The Bertz CT molecular complexity index is 268. The lowest BCUT2D eigenvalue weighted by molar-refractivity contribution is 0.0136. The van der Waals surface area contributed by atoms with E-state index in [2.05, 4.69) is 46.4 Å². The molecule has 1 fully saturated rings. The van der Waals surface area contributed by atoms with E-state index in [4.69, 9.17) is 5.73 Å². The molecule has 2 unspecified atom stereocenters. The second-order valence-electron chi connectivity index (χ2n) is 8.13. The van der Waals surface area contributed by atoms with Crippen LogP contribution in [0.4, 0.5) is 0 Å². The standard InChI is InChI=1S/C18H38N2/c1-7-15(3)13-18(8-2,14-19)20-11-9-16(10-12-20)17(4,5)6/h15-16H,7-14,19H2,1-6H3. The molecule has 0 amide bonds. The number of piperidine rings is 1. The van der Waals surface area contributed by atoms with Gasteiger partial charge in [-0.1, -0.05) is 48.0 Å². The first-order valence-corrected chi connectivity index (χ1v) is 8.74. The van der Waals surface area contributed by atoms with E-state index in [1.54, 1.807) is 0 Å². The number of hydrogen-bond acceptors (Lipinski definition) is 2. The minimum atomic E-state index is 0.248. The molecule has 0 aromatic carbocycles. The summed E-state index contributed by atoms with van der Waals surface area (Å²) in [5, 5.41) is 0. The third kappa shape index (κ3) is 4.21. The van der Waals surface area contributed by atoms with E-state index < -0.39 is 0 Å². The van der Waals surface area contributed by atoms with E-state index in [1.807, 2.05) is 0 Å². The lowest BCUT2D eigenvalue weighted by Crippen LogP contribution is -2.57. The molecule has 2 atom stereocenters. The Balaban J connectivity index is 2.71. The molecule has 120 valence electrons. The first-order valence-electron chi connectivity index (χ1n) is 8.74. The summed E-state index contributed by atoms with van der Waals surface area (Å²) in [6.07, 6.45) is 6.39. The molecule has 20 heavy (non-hydrogen) atoms. The predicted octanol–water partition coefficient (Wildman–Crippen LogP) is 4.29. The molecule has 1 aliphatic heterocycles. The van der Waals surface area contributed by atoms with E-state index >= 15 is 0 Å². The average Bonchev–Trinajstić information content (AvgIpc) is 2.44. The molecule has 2 heteroatoms. The maximum Gasteiger partial charge on any atom is 0.0331 e. The van der Waals surface area contributed by atoms with Gasteiger partial charge >= 0.3 is 0 Å². The van der Waals surface area contributed by atoms with Crippen molar-refractivity contribution in [2.24, 2.45) is 23.0 Å². The molecule has 1 saturated heterocycles. The minimum absolute atomic E-state index is 0.248. The van der Waals surface area contributed by atoms with Crippen LogP contribution < -0.4 is 5.73 Å². The van der Waals surface area contributed by atoms with Crippen molar-refractivity contribution in [3.8, 4) is 0 Å². The Hall–Kier alpha value is -0.0800. The fraction of sp³-hybridized carbons (Fsp3) is 1.00. The van der Waals surface area contributed by atoms with Crippen LogP contribution in [0.25, 0.3) is 0 Å². The summed E-state index contributed by atoms with van der Waals surface area (Å²) in [6, 6.07) is 0. The zero-order valence-electron chi connectivity index (χ0n) is 14.8. The van der Waals surface area contributed by atoms with E-state index in [-0.39, 0.29) is 5.54 Å². The van der Waals surface area contributed by atoms with Crippen LogP contribution in [-0.2, 0) is 0 Å². The highest BCUT2D eigenvalue weighted by Crippen LogP contribution is 2.38. The maximum atomic E-state index is 6.23. The van der Waals surface area contributed by atoms with Crippen molar-refractivity contribution in [3.63, 3.8) is 0 Å². The minimum Gasteiger partial charge on any atom is -0.329 e. The van der Waals surface area contributed by atoms with Crippen LogP contribution in [0.2, 0.25) is 0 Å². The van der Waals surface area contributed by atoms with Gasteiger partial charge in [-0.05, 0) is 56.0 Å². The number of nitrogens with zero attached hydrogens (tertiary/aromatic N) is 1. The molecule has 1 aliphatic rings. The van der Waals surface area contributed by atoms with E-state index in [0.29, 0.717) is 5.41 Å². The average molecular weight is 283 g/mol. The quantitative estimate of drug-likeness (QED) is 0.787. The highest BCUT2D eigenvalue weighted by molar-refractivity contribution is 4.95. The molecule has 0 aliphatic carbocycles. The Kier molecular flexibility index (Phi) is 6.53. The van der Waals surface area contributed by atoms with Gasteiger partial charge in [-0.2, -0.15) is 0 Å². The van der Waals surface area contributed by atoms with Crippen molar-refractivity contribution in [3.05, 3.63) is 0 Å². The molecule has 0 spiro atoms. The zero-order chi connectivity index (χ0) is 15.4. The van der Waals surface area contributed by atoms with Gasteiger partial charge in [0.15, 0.2) is 0 Å².